The molecule has 0 aliphatic heterocycles. The van der Waals surface area contributed by atoms with Gasteiger partial charge in [0.1, 0.15) is 10.6 Å². The van der Waals surface area contributed by atoms with Gasteiger partial charge >= 0.3 is 6.18 Å². The molecule has 0 bridgehead atoms. The lowest BCUT2D eigenvalue weighted by Gasteiger charge is -2.37. The predicted molar refractivity (Wildman–Crippen MR) is 87.0 cm³/mol. The Labute approximate surface area is 149 Å². The number of amides is 1. The first-order valence-corrected chi connectivity index (χ1v) is 9.53. The number of carbonyl (C=O) groups is 1. The Morgan fingerprint density at radius 3 is 2.69 bits per heavy atom. The molecular formula is C15H22F3N3O4S. The van der Waals surface area contributed by atoms with E-state index in [9.17, 15) is 31.5 Å². The summed E-state index contributed by atoms with van der Waals surface area (Å²) in [7, 11) is -1.03. The summed E-state index contributed by atoms with van der Waals surface area (Å²) in [6.07, 6.45) is -3.27. The maximum Gasteiger partial charge on any atom is 0.391 e. The number of rotatable bonds is 5. The minimum Gasteiger partial charge on any atom is -0.388 e. The second-order valence-electron chi connectivity index (χ2n) is 6.62. The van der Waals surface area contributed by atoms with Crippen molar-refractivity contribution in [3.63, 3.8) is 0 Å². The van der Waals surface area contributed by atoms with Crippen molar-refractivity contribution >= 4 is 15.9 Å². The van der Waals surface area contributed by atoms with Gasteiger partial charge in [0.25, 0.3) is 5.91 Å². The molecule has 148 valence electrons. The molecule has 11 heteroatoms. The van der Waals surface area contributed by atoms with Gasteiger partial charge in [-0.2, -0.15) is 13.2 Å². The third kappa shape index (κ3) is 4.57. The van der Waals surface area contributed by atoms with E-state index in [0.29, 0.717) is 0 Å². The molecule has 7 nitrogen and oxygen atoms in total. The summed E-state index contributed by atoms with van der Waals surface area (Å²) in [5, 5.41) is 12.8. The SMILES string of the molecule is CNS(=O)(=O)c1cc(C(=O)NC[C@]2(O)CCC[C@@H](C(F)(F)F)C2)n(C)c1. The van der Waals surface area contributed by atoms with Crippen LogP contribution in [0.5, 0.6) is 0 Å². The summed E-state index contributed by atoms with van der Waals surface area (Å²) >= 11 is 0. The van der Waals surface area contributed by atoms with E-state index < -0.39 is 40.0 Å². The lowest BCUT2D eigenvalue weighted by atomic mass is 9.77. The van der Waals surface area contributed by atoms with E-state index in [4.69, 9.17) is 0 Å². The highest BCUT2D eigenvalue weighted by Crippen LogP contribution is 2.41. The standard InChI is InChI=1S/C15H22F3N3O4S/c1-19-26(24,25)11-6-12(21(2)8-11)13(22)20-9-14(23)5-3-4-10(7-14)15(16,17)18/h6,8,10,19,23H,3-5,7,9H2,1-2H3,(H,20,22)/t10-,14+/m1/s1. The highest BCUT2D eigenvalue weighted by atomic mass is 32.2. The molecule has 26 heavy (non-hydrogen) atoms. The number of alkyl halides is 3. The smallest absolute Gasteiger partial charge is 0.388 e. The topological polar surface area (TPSA) is 100 Å². The van der Waals surface area contributed by atoms with Crippen LogP contribution in [0.2, 0.25) is 0 Å². The van der Waals surface area contributed by atoms with Crippen molar-refractivity contribution in [3.8, 4) is 0 Å². The molecule has 1 saturated carbocycles. The quantitative estimate of drug-likeness (QED) is 0.694. The van der Waals surface area contributed by atoms with Crippen molar-refractivity contribution in [1.82, 2.24) is 14.6 Å². The first kappa shape index (κ1) is 20.7. The first-order valence-electron chi connectivity index (χ1n) is 8.05. The van der Waals surface area contributed by atoms with Crippen LogP contribution in [0.25, 0.3) is 0 Å². The zero-order valence-corrected chi connectivity index (χ0v) is 15.2. The molecule has 0 unspecified atom stereocenters. The molecule has 0 spiro atoms. The highest BCUT2D eigenvalue weighted by Gasteiger charge is 2.47. The Morgan fingerprint density at radius 2 is 2.12 bits per heavy atom. The third-order valence-electron chi connectivity index (χ3n) is 4.65. The molecule has 0 aromatic carbocycles. The van der Waals surface area contributed by atoms with Crippen LogP contribution in [0.1, 0.15) is 36.2 Å². The molecular weight excluding hydrogens is 375 g/mol. The van der Waals surface area contributed by atoms with E-state index in [-0.39, 0.29) is 36.4 Å². The summed E-state index contributed by atoms with van der Waals surface area (Å²) in [4.78, 5) is 12.2. The zero-order valence-electron chi connectivity index (χ0n) is 14.4. The van der Waals surface area contributed by atoms with Crippen molar-refractivity contribution < 1.29 is 31.5 Å². The van der Waals surface area contributed by atoms with Crippen LogP contribution in [0.3, 0.4) is 0 Å². The average Bonchev–Trinajstić information content (AvgIpc) is 2.95. The number of carbonyl (C=O) groups excluding carboxylic acids is 1. The molecule has 1 aromatic heterocycles. The molecule has 2 rings (SSSR count). The monoisotopic (exact) mass is 397 g/mol. The highest BCUT2D eigenvalue weighted by molar-refractivity contribution is 7.89. The number of aromatic nitrogens is 1. The molecule has 2 atom stereocenters. The van der Waals surface area contributed by atoms with Crippen LogP contribution in [-0.2, 0) is 17.1 Å². The fourth-order valence-corrected chi connectivity index (χ4v) is 3.94. The van der Waals surface area contributed by atoms with Gasteiger partial charge in [0.2, 0.25) is 10.0 Å². The molecule has 1 aromatic rings. The Bertz CT molecular complexity index is 776. The Morgan fingerprint density at radius 1 is 1.46 bits per heavy atom. The minimum absolute atomic E-state index is 0.0191. The van der Waals surface area contributed by atoms with Gasteiger partial charge in [0.05, 0.1) is 11.5 Å². The number of halogens is 3. The Kier molecular flexibility index (Phi) is 5.74. The second-order valence-corrected chi connectivity index (χ2v) is 8.51. The van der Waals surface area contributed by atoms with Gasteiger partial charge in [-0.1, -0.05) is 0 Å². The molecule has 3 N–H and O–H groups in total. The van der Waals surface area contributed by atoms with Crippen LogP contribution in [0.4, 0.5) is 13.2 Å². The van der Waals surface area contributed by atoms with Crippen LogP contribution in [-0.4, -0.2) is 49.4 Å². The van der Waals surface area contributed by atoms with Crippen molar-refractivity contribution in [2.75, 3.05) is 13.6 Å². The molecule has 1 fully saturated rings. The number of hydrogen-bond acceptors (Lipinski definition) is 4. The number of sulfonamides is 1. The number of nitrogens with one attached hydrogen (secondary N) is 2. The number of aliphatic hydroxyl groups is 1. The summed E-state index contributed by atoms with van der Waals surface area (Å²) in [6.45, 7) is -0.336. The van der Waals surface area contributed by atoms with Crippen molar-refractivity contribution in [2.45, 2.75) is 42.4 Å². The van der Waals surface area contributed by atoms with Crippen LogP contribution < -0.4 is 10.0 Å². The van der Waals surface area contributed by atoms with Crippen molar-refractivity contribution in [2.24, 2.45) is 13.0 Å². The molecule has 0 saturated heterocycles. The van der Waals surface area contributed by atoms with Crippen LogP contribution in [0, 0.1) is 5.92 Å². The maximum atomic E-state index is 12.9. The summed E-state index contributed by atoms with van der Waals surface area (Å²) in [5.41, 5.74) is -1.62. The summed E-state index contributed by atoms with van der Waals surface area (Å²) in [5.74, 6) is -2.27. The van der Waals surface area contributed by atoms with Crippen LogP contribution >= 0.6 is 0 Å². The lowest BCUT2D eigenvalue weighted by molar-refractivity contribution is -0.199. The Hall–Kier alpha value is -1.59. The Balaban J connectivity index is 2.07. The van der Waals surface area contributed by atoms with Gasteiger partial charge in [0, 0.05) is 19.8 Å². The molecule has 0 radical (unpaired) electrons. The van der Waals surface area contributed by atoms with E-state index in [1.807, 2.05) is 0 Å². The van der Waals surface area contributed by atoms with Gasteiger partial charge in [-0.15, -0.1) is 0 Å². The van der Waals surface area contributed by atoms with E-state index in [0.717, 1.165) is 6.07 Å². The predicted octanol–water partition coefficient (Wildman–Crippen LogP) is 1.15. The normalized spacial score (nSPS) is 24.5. The number of nitrogens with zero attached hydrogens (tertiary/aromatic N) is 1. The largest absolute Gasteiger partial charge is 0.391 e. The van der Waals surface area contributed by atoms with Gasteiger partial charge in [-0.3, -0.25) is 4.79 Å². The van der Waals surface area contributed by atoms with Gasteiger partial charge in [-0.25, -0.2) is 13.1 Å². The zero-order chi connectivity index (χ0) is 19.8. The fourth-order valence-electron chi connectivity index (χ4n) is 3.14. The average molecular weight is 397 g/mol. The third-order valence-corrected chi connectivity index (χ3v) is 6.03. The number of hydrogen-bond donors (Lipinski definition) is 3. The second kappa shape index (κ2) is 7.20. The fraction of sp³-hybridized carbons (Fsp3) is 0.667. The molecule has 1 heterocycles. The van der Waals surface area contributed by atoms with E-state index in [2.05, 4.69) is 10.0 Å². The van der Waals surface area contributed by atoms with Gasteiger partial charge < -0.3 is 15.0 Å². The molecule has 1 amide bonds. The molecule has 1 aliphatic carbocycles. The number of aryl methyl sites for hydroxylation is 1. The van der Waals surface area contributed by atoms with E-state index in [1.54, 1.807) is 0 Å². The van der Waals surface area contributed by atoms with Gasteiger partial charge in [-0.05, 0) is 38.8 Å². The van der Waals surface area contributed by atoms with Crippen LogP contribution in [0.15, 0.2) is 17.2 Å². The summed E-state index contributed by atoms with van der Waals surface area (Å²) < 4.78 is 65.6. The van der Waals surface area contributed by atoms with Gasteiger partial charge in [0.15, 0.2) is 0 Å². The minimum atomic E-state index is -4.38. The van der Waals surface area contributed by atoms with E-state index in [1.165, 1.54) is 24.9 Å². The molecule has 1 aliphatic rings. The maximum absolute atomic E-state index is 12.9. The first-order chi connectivity index (χ1) is 11.9. The van der Waals surface area contributed by atoms with Crippen molar-refractivity contribution in [3.05, 3.63) is 18.0 Å². The summed E-state index contributed by atoms with van der Waals surface area (Å²) in [6, 6.07) is 1.16. The van der Waals surface area contributed by atoms with Crippen molar-refractivity contribution in [1.29, 1.82) is 0 Å². The lowest BCUT2D eigenvalue weighted by Crippen LogP contribution is -2.48. The van der Waals surface area contributed by atoms with E-state index >= 15 is 0 Å².